The van der Waals surface area contributed by atoms with Crippen molar-refractivity contribution in [2.75, 3.05) is 4.90 Å². The predicted molar refractivity (Wildman–Crippen MR) is 139 cm³/mol. The largest absolute Gasteiger partial charge is 0.350 e. The van der Waals surface area contributed by atoms with E-state index in [0.717, 1.165) is 28.1 Å². The molecule has 174 valence electrons. The molecule has 0 aliphatic carbocycles. The molecule has 2 amide bonds. The Hall–Kier alpha value is -4.51. The number of benzene rings is 3. The first kappa shape index (κ1) is 23.6. The van der Waals surface area contributed by atoms with Crippen molar-refractivity contribution in [3.05, 3.63) is 138 Å². The zero-order chi connectivity index (χ0) is 24.3. The Balaban J connectivity index is 1.45. The second-order valence-corrected chi connectivity index (χ2v) is 8.10. The summed E-state index contributed by atoms with van der Waals surface area (Å²) < 4.78 is 0. The van der Waals surface area contributed by atoms with Gasteiger partial charge in [-0.1, -0.05) is 78.9 Å². The fraction of sp³-hybridized carbons (Fsp3) is 0.100. The van der Waals surface area contributed by atoms with Crippen molar-refractivity contribution in [1.82, 2.24) is 10.3 Å². The third-order valence-corrected chi connectivity index (χ3v) is 5.47. The van der Waals surface area contributed by atoms with Gasteiger partial charge in [-0.25, -0.2) is 0 Å². The van der Waals surface area contributed by atoms with E-state index < -0.39 is 0 Å². The molecule has 5 nitrogen and oxygen atoms in total. The fourth-order valence-electron chi connectivity index (χ4n) is 3.62. The molecule has 4 aromatic rings. The number of nitrogens with zero attached hydrogens (tertiary/aromatic N) is 2. The van der Waals surface area contributed by atoms with Crippen molar-refractivity contribution in [2.24, 2.45) is 0 Å². The smallest absolute Gasteiger partial charge is 0.251 e. The molecule has 0 aliphatic rings. The number of nitrogens with one attached hydrogen (secondary N) is 1. The van der Waals surface area contributed by atoms with Gasteiger partial charge in [-0.2, -0.15) is 0 Å². The summed E-state index contributed by atoms with van der Waals surface area (Å²) >= 11 is 0. The molecule has 0 bridgehead atoms. The van der Waals surface area contributed by atoms with Gasteiger partial charge in [-0.3, -0.25) is 14.6 Å². The van der Waals surface area contributed by atoms with Crippen LogP contribution in [0.2, 0.25) is 0 Å². The Bertz CT molecular complexity index is 1260. The van der Waals surface area contributed by atoms with Crippen LogP contribution in [0.4, 0.5) is 5.69 Å². The summed E-state index contributed by atoms with van der Waals surface area (Å²) in [6, 6.07) is 32.8. The highest BCUT2D eigenvalue weighted by Gasteiger charge is 2.14. The van der Waals surface area contributed by atoms with E-state index in [9.17, 15) is 9.59 Å². The summed E-state index contributed by atoms with van der Waals surface area (Å²) in [5, 5.41) is 2.89. The summed E-state index contributed by atoms with van der Waals surface area (Å²) in [5.41, 5.74) is 4.46. The number of carbonyl (C=O) groups is 2. The van der Waals surface area contributed by atoms with Crippen LogP contribution in [-0.2, 0) is 29.1 Å². The van der Waals surface area contributed by atoms with Crippen LogP contribution in [0.3, 0.4) is 0 Å². The molecule has 0 aliphatic heterocycles. The van der Waals surface area contributed by atoms with Crippen LogP contribution >= 0.6 is 0 Å². The monoisotopic (exact) mass is 461 g/mol. The molecule has 0 atom stereocenters. The lowest BCUT2D eigenvalue weighted by molar-refractivity contribution is -0.120. The molecule has 0 unspecified atom stereocenters. The molecule has 0 fully saturated rings. The third-order valence-electron chi connectivity index (χ3n) is 5.47. The molecule has 5 heteroatoms. The highest BCUT2D eigenvalue weighted by molar-refractivity contribution is 6.03. The standard InChI is InChI=1S/C30H27N3O2/c34-29(32-22-27-13-7-8-20-31-27)21-25-14-17-28(18-15-25)33(23-26-11-5-2-6-12-26)30(35)19-16-24-9-3-1-4-10-24/h1-20H,21-23H2,(H,32,34)/b19-16+. The van der Waals surface area contributed by atoms with Gasteiger partial charge < -0.3 is 10.2 Å². The molecular weight excluding hydrogens is 434 g/mol. The van der Waals surface area contributed by atoms with Crippen LogP contribution in [0.15, 0.2) is 115 Å². The second kappa shape index (κ2) is 12.1. The van der Waals surface area contributed by atoms with E-state index in [1.54, 1.807) is 17.2 Å². The Labute approximate surface area is 205 Å². The number of carbonyl (C=O) groups excluding carboxylic acids is 2. The minimum absolute atomic E-state index is 0.0774. The van der Waals surface area contributed by atoms with Crippen LogP contribution in [0.25, 0.3) is 6.08 Å². The number of hydrogen-bond donors (Lipinski definition) is 1. The Morgan fingerprint density at radius 1 is 0.771 bits per heavy atom. The minimum Gasteiger partial charge on any atom is -0.350 e. The molecule has 4 rings (SSSR count). The Morgan fingerprint density at radius 3 is 2.14 bits per heavy atom. The molecule has 0 spiro atoms. The average molecular weight is 462 g/mol. The normalized spacial score (nSPS) is 10.7. The van der Waals surface area contributed by atoms with Crippen LogP contribution in [0, 0.1) is 0 Å². The van der Waals surface area contributed by atoms with E-state index in [2.05, 4.69) is 10.3 Å². The van der Waals surface area contributed by atoms with Crippen molar-refractivity contribution in [3.63, 3.8) is 0 Å². The Morgan fingerprint density at radius 2 is 1.46 bits per heavy atom. The third kappa shape index (κ3) is 7.24. The average Bonchev–Trinajstić information content (AvgIpc) is 2.91. The lowest BCUT2D eigenvalue weighted by Gasteiger charge is -2.22. The van der Waals surface area contributed by atoms with Gasteiger partial charge in [0.05, 0.1) is 25.2 Å². The molecule has 1 aromatic heterocycles. The lowest BCUT2D eigenvalue weighted by Crippen LogP contribution is -2.28. The van der Waals surface area contributed by atoms with E-state index in [1.807, 2.05) is 109 Å². The van der Waals surface area contributed by atoms with Crippen molar-refractivity contribution < 1.29 is 9.59 Å². The molecule has 0 saturated heterocycles. The summed E-state index contributed by atoms with van der Waals surface area (Å²) in [6.45, 7) is 0.841. The highest BCUT2D eigenvalue weighted by atomic mass is 16.2. The van der Waals surface area contributed by atoms with Crippen LogP contribution < -0.4 is 10.2 Å². The number of pyridine rings is 1. The van der Waals surface area contributed by atoms with E-state index in [1.165, 1.54) is 0 Å². The second-order valence-electron chi connectivity index (χ2n) is 8.10. The maximum atomic E-state index is 13.2. The summed E-state index contributed by atoms with van der Waals surface area (Å²) in [6.07, 6.45) is 5.38. The highest BCUT2D eigenvalue weighted by Crippen LogP contribution is 2.20. The molecule has 1 N–H and O–H groups in total. The summed E-state index contributed by atoms with van der Waals surface area (Å²) in [4.78, 5) is 31.5. The van der Waals surface area contributed by atoms with Crippen molar-refractivity contribution in [2.45, 2.75) is 19.5 Å². The van der Waals surface area contributed by atoms with E-state index in [-0.39, 0.29) is 18.2 Å². The van der Waals surface area contributed by atoms with Crippen molar-refractivity contribution in [1.29, 1.82) is 0 Å². The van der Waals surface area contributed by atoms with Crippen LogP contribution in [0.5, 0.6) is 0 Å². The summed E-state index contributed by atoms with van der Waals surface area (Å²) in [7, 11) is 0. The molecule has 0 saturated carbocycles. The fourth-order valence-corrected chi connectivity index (χ4v) is 3.62. The van der Waals surface area contributed by atoms with Crippen molar-refractivity contribution >= 4 is 23.6 Å². The van der Waals surface area contributed by atoms with E-state index in [0.29, 0.717) is 13.1 Å². The SMILES string of the molecule is O=C(Cc1ccc(N(Cc2ccccc2)C(=O)/C=C/c2ccccc2)cc1)NCc1ccccn1. The first-order chi connectivity index (χ1) is 17.2. The zero-order valence-electron chi connectivity index (χ0n) is 19.4. The van der Waals surface area contributed by atoms with E-state index in [4.69, 9.17) is 0 Å². The van der Waals surface area contributed by atoms with Gasteiger partial charge in [0.15, 0.2) is 0 Å². The van der Waals surface area contributed by atoms with Gasteiger partial charge >= 0.3 is 0 Å². The van der Waals surface area contributed by atoms with Gasteiger partial charge in [0, 0.05) is 18.0 Å². The maximum absolute atomic E-state index is 13.2. The number of anilines is 1. The molecule has 0 radical (unpaired) electrons. The first-order valence-corrected chi connectivity index (χ1v) is 11.5. The van der Waals surface area contributed by atoms with Gasteiger partial charge in [-0.05, 0) is 47.0 Å². The molecule has 3 aromatic carbocycles. The van der Waals surface area contributed by atoms with Crippen LogP contribution in [0.1, 0.15) is 22.4 Å². The zero-order valence-corrected chi connectivity index (χ0v) is 19.4. The van der Waals surface area contributed by atoms with Crippen LogP contribution in [-0.4, -0.2) is 16.8 Å². The van der Waals surface area contributed by atoms with Gasteiger partial charge in [0.2, 0.25) is 5.91 Å². The Kier molecular flexibility index (Phi) is 8.17. The molecule has 35 heavy (non-hydrogen) atoms. The molecule has 1 heterocycles. The first-order valence-electron chi connectivity index (χ1n) is 11.5. The topological polar surface area (TPSA) is 62.3 Å². The number of hydrogen-bond acceptors (Lipinski definition) is 3. The summed E-state index contributed by atoms with van der Waals surface area (Å²) in [5.74, 6) is -0.190. The lowest BCUT2D eigenvalue weighted by atomic mass is 10.1. The van der Waals surface area contributed by atoms with Crippen molar-refractivity contribution in [3.8, 4) is 0 Å². The minimum atomic E-state index is -0.112. The van der Waals surface area contributed by atoms with E-state index >= 15 is 0 Å². The van der Waals surface area contributed by atoms with Gasteiger partial charge in [-0.15, -0.1) is 0 Å². The number of aromatic nitrogens is 1. The number of rotatable bonds is 9. The number of amides is 2. The van der Waals surface area contributed by atoms with Gasteiger partial charge in [0.1, 0.15) is 0 Å². The predicted octanol–water partition coefficient (Wildman–Crippen LogP) is 5.19. The maximum Gasteiger partial charge on any atom is 0.251 e. The quantitative estimate of drug-likeness (QED) is 0.349. The van der Waals surface area contributed by atoms with Gasteiger partial charge in [0.25, 0.3) is 5.91 Å². The molecular formula is C30H27N3O2.